The van der Waals surface area contributed by atoms with Crippen molar-refractivity contribution >= 4 is 28.9 Å². The van der Waals surface area contributed by atoms with Crippen LogP contribution in [0, 0.1) is 0 Å². The van der Waals surface area contributed by atoms with Gasteiger partial charge in [-0.1, -0.05) is 6.07 Å². The van der Waals surface area contributed by atoms with Gasteiger partial charge >= 0.3 is 5.97 Å². The van der Waals surface area contributed by atoms with Gasteiger partial charge in [0.25, 0.3) is 0 Å². The normalized spacial score (nSPS) is 10.1. The predicted molar refractivity (Wildman–Crippen MR) is 61.7 cm³/mol. The van der Waals surface area contributed by atoms with Crippen molar-refractivity contribution in [3.8, 4) is 10.6 Å². The zero-order valence-electron chi connectivity index (χ0n) is 8.31. The van der Waals surface area contributed by atoms with Gasteiger partial charge in [-0.25, -0.2) is 14.8 Å². The fraction of sp³-hybridized carbons (Fsp3) is 0.100. The van der Waals surface area contributed by atoms with Gasteiger partial charge in [0.1, 0.15) is 5.56 Å². The van der Waals surface area contributed by atoms with Crippen LogP contribution in [0.1, 0.15) is 10.4 Å². The van der Waals surface area contributed by atoms with Gasteiger partial charge in [0.15, 0.2) is 0 Å². The van der Waals surface area contributed by atoms with Crippen molar-refractivity contribution in [3.05, 3.63) is 34.6 Å². The maximum atomic E-state index is 11.5. The first-order valence-electron chi connectivity index (χ1n) is 4.37. The number of halogens is 1. The second-order valence-corrected chi connectivity index (χ2v) is 4.16. The Morgan fingerprint density at radius 1 is 1.56 bits per heavy atom. The van der Waals surface area contributed by atoms with E-state index in [4.69, 9.17) is 11.6 Å². The molecule has 6 heteroatoms. The molecule has 2 aromatic rings. The van der Waals surface area contributed by atoms with E-state index in [1.54, 1.807) is 0 Å². The third-order valence-electron chi connectivity index (χ3n) is 1.92. The minimum Gasteiger partial charge on any atom is -0.465 e. The van der Waals surface area contributed by atoms with Gasteiger partial charge in [-0.05, 0) is 23.0 Å². The molecule has 0 amide bonds. The number of hydrogen-bond donors (Lipinski definition) is 0. The summed E-state index contributed by atoms with van der Waals surface area (Å²) >= 11 is 7.18. The van der Waals surface area contributed by atoms with Crippen molar-refractivity contribution in [1.82, 2.24) is 9.97 Å². The number of esters is 1. The average molecular weight is 255 g/mol. The first kappa shape index (κ1) is 11.0. The van der Waals surface area contributed by atoms with Crippen molar-refractivity contribution in [1.29, 1.82) is 0 Å². The predicted octanol–water partition coefficient (Wildman–Crippen LogP) is 2.65. The zero-order valence-corrected chi connectivity index (χ0v) is 9.88. The molecule has 0 aliphatic heterocycles. The summed E-state index contributed by atoms with van der Waals surface area (Å²) in [5.41, 5.74) is 0.816. The van der Waals surface area contributed by atoms with Crippen LogP contribution in [-0.4, -0.2) is 23.0 Å². The molecule has 0 radical (unpaired) electrons. The largest absolute Gasteiger partial charge is 0.465 e. The highest BCUT2D eigenvalue weighted by Crippen LogP contribution is 2.27. The fourth-order valence-corrected chi connectivity index (χ4v) is 2.08. The first-order chi connectivity index (χ1) is 7.72. The maximum Gasteiger partial charge on any atom is 0.341 e. The molecular weight excluding hydrogens is 248 g/mol. The van der Waals surface area contributed by atoms with E-state index in [2.05, 4.69) is 14.7 Å². The van der Waals surface area contributed by atoms with E-state index in [1.807, 2.05) is 17.5 Å². The standard InChI is InChI=1S/C10H7ClN2O2S/c1-15-9(14)6-5-12-10(11)13-8(6)7-3-2-4-16-7/h2-5H,1H3. The number of nitrogens with zero attached hydrogens (tertiary/aromatic N) is 2. The Kier molecular flexibility index (Phi) is 3.17. The second-order valence-electron chi connectivity index (χ2n) is 2.87. The lowest BCUT2D eigenvalue weighted by molar-refractivity contribution is 0.0601. The molecule has 0 aliphatic rings. The summed E-state index contributed by atoms with van der Waals surface area (Å²) in [6.45, 7) is 0. The van der Waals surface area contributed by atoms with Crippen molar-refractivity contribution < 1.29 is 9.53 Å². The molecule has 0 saturated heterocycles. The summed E-state index contributed by atoms with van der Waals surface area (Å²) in [4.78, 5) is 20.2. The molecule has 0 fully saturated rings. The van der Waals surface area contributed by atoms with Crippen molar-refractivity contribution in [2.75, 3.05) is 7.11 Å². The van der Waals surface area contributed by atoms with Gasteiger partial charge < -0.3 is 4.74 Å². The minimum absolute atomic E-state index is 0.107. The Morgan fingerprint density at radius 3 is 3.00 bits per heavy atom. The third-order valence-corrected chi connectivity index (χ3v) is 2.98. The van der Waals surface area contributed by atoms with Crippen LogP contribution >= 0.6 is 22.9 Å². The number of ether oxygens (including phenoxy) is 1. The van der Waals surface area contributed by atoms with E-state index >= 15 is 0 Å². The number of rotatable bonds is 2. The molecule has 2 aromatic heterocycles. The molecule has 0 aliphatic carbocycles. The van der Waals surface area contributed by atoms with Gasteiger partial charge in [-0.3, -0.25) is 0 Å². The summed E-state index contributed by atoms with van der Waals surface area (Å²) in [6, 6.07) is 3.73. The molecule has 4 nitrogen and oxygen atoms in total. The van der Waals surface area contributed by atoms with E-state index in [9.17, 15) is 4.79 Å². The third kappa shape index (κ3) is 2.05. The van der Waals surface area contributed by atoms with Crippen LogP contribution in [0.25, 0.3) is 10.6 Å². The van der Waals surface area contributed by atoms with Gasteiger partial charge in [0.2, 0.25) is 5.28 Å². The summed E-state index contributed by atoms with van der Waals surface area (Å²) in [5.74, 6) is -0.472. The lowest BCUT2D eigenvalue weighted by Crippen LogP contribution is -2.05. The van der Waals surface area contributed by atoms with Gasteiger partial charge in [-0.2, -0.15) is 0 Å². The Bertz CT molecular complexity index is 514. The summed E-state index contributed by atoms with van der Waals surface area (Å²) in [7, 11) is 1.31. The Hall–Kier alpha value is -1.46. The summed E-state index contributed by atoms with van der Waals surface area (Å²) in [5, 5.41) is 2.00. The zero-order chi connectivity index (χ0) is 11.5. The van der Waals surface area contributed by atoms with Crippen LogP contribution in [0.3, 0.4) is 0 Å². The van der Waals surface area contributed by atoms with Crippen LogP contribution in [0.15, 0.2) is 23.7 Å². The van der Waals surface area contributed by atoms with Crippen molar-refractivity contribution in [3.63, 3.8) is 0 Å². The van der Waals surface area contributed by atoms with Crippen LogP contribution in [0.4, 0.5) is 0 Å². The van der Waals surface area contributed by atoms with Crippen LogP contribution in [-0.2, 0) is 4.74 Å². The molecule has 0 N–H and O–H groups in total. The molecule has 2 rings (SSSR count). The molecular formula is C10H7ClN2O2S. The van der Waals surface area contributed by atoms with Gasteiger partial charge in [0, 0.05) is 6.20 Å². The van der Waals surface area contributed by atoms with E-state index < -0.39 is 5.97 Å². The molecule has 0 bridgehead atoms. The molecule has 0 saturated carbocycles. The Balaban J connectivity index is 2.57. The number of thiophene rings is 1. The van der Waals surface area contributed by atoms with Crippen LogP contribution in [0.2, 0.25) is 5.28 Å². The van der Waals surface area contributed by atoms with E-state index in [-0.39, 0.29) is 5.28 Å². The van der Waals surface area contributed by atoms with Crippen LogP contribution in [0.5, 0.6) is 0 Å². The minimum atomic E-state index is -0.472. The van der Waals surface area contributed by atoms with Crippen molar-refractivity contribution in [2.45, 2.75) is 0 Å². The molecule has 82 valence electrons. The fourth-order valence-electron chi connectivity index (χ4n) is 1.22. The Labute approximate surface area is 101 Å². The molecule has 0 spiro atoms. The number of carbonyl (C=O) groups excluding carboxylic acids is 1. The second kappa shape index (κ2) is 4.59. The molecule has 2 heterocycles. The highest BCUT2D eigenvalue weighted by molar-refractivity contribution is 7.13. The average Bonchev–Trinajstić information content (AvgIpc) is 2.81. The molecule has 16 heavy (non-hydrogen) atoms. The Morgan fingerprint density at radius 2 is 2.38 bits per heavy atom. The number of aromatic nitrogens is 2. The highest BCUT2D eigenvalue weighted by atomic mass is 35.5. The summed E-state index contributed by atoms with van der Waals surface area (Å²) < 4.78 is 4.66. The monoisotopic (exact) mass is 254 g/mol. The topological polar surface area (TPSA) is 52.1 Å². The van der Waals surface area contributed by atoms with Gasteiger partial charge in [0.05, 0.1) is 17.7 Å². The quantitative estimate of drug-likeness (QED) is 0.611. The SMILES string of the molecule is COC(=O)c1cnc(Cl)nc1-c1cccs1. The number of methoxy groups -OCH3 is 1. The smallest absolute Gasteiger partial charge is 0.341 e. The molecule has 0 unspecified atom stereocenters. The van der Waals surface area contributed by atoms with E-state index in [1.165, 1.54) is 24.6 Å². The van der Waals surface area contributed by atoms with Crippen molar-refractivity contribution in [2.24, 2.45) is 0 Å². The number of carbonyl (C=O) groups is 1. The lowest BCUT2D eigenvalue weighted by atomic mass is 10.2. The van der Waals surface area contributed by atoms with Crippen LogP contribution < -0.4 is 0 Å². The number of hydrogen-bond acceptors (Lipinski definition) is 5. The maximum absolute atomic E-state index is 11.5. The molecule has 0 atom stereocenters. The summed E-state index contributed by atoms with van der Waals surface area (Å²) in [6.07, 6.45) is 1.37. The van der Waals surface area contributed by atoms with Gasteiger partial charge in [-0.15, -0.1) is 11.3 Å². The highest BCUT2D eigenvalue weighted by Gasteiger charge is 2.16. The first-order valence-corrected chi connectivity index (χ1v) is 5.63. The van der Waals surface area contributed by atoms with E-state index in [0.717, 1.165) is 4.88 Å². The van der Waals surface area contributed by atoms with E-state index in [0.29, 0.717) is 11.3 Å². The lowest BCUT2D eigenvalue weighted by Gasteiger charge is -2.04. The molecule has 0 aromatic carbocycles.